The van der Waals surface area contributed by atoms with Crippen molar-refractivity contribution in [2.24, 2.45) is 0 Å². The van der Waals surface area contributed by atoms with Gasteiger partial charge in [0.1, 0.15) is 16.2 Å². The summed E-state index contributed by atoms with van der Waals surface area (Å²) in [5.41, 5.74) is 1.66. The van der Waals surface area contributed by atoms with Crippen LogP contribution in [-0.4, -0.2) is 24.3 Å². The molecule has 9 heteroatoms. The van der Waals surface area contributed by atoms with E-state index in [2.05, 4.69) is 20.0 Å². The minimum atomic E-state index is -4.06. The summed E-state index contributed by atoms with van der Waals surface area (Å²) in [5, 5.41) is 2.81. The van der Waals surface area contributed by atoms with Gasteiger partial charge in [-0.15, -0.1) is 0 Å². The molecule has 0 saturated carbocycles. The highest BCUT2D eigenvalue weighted by molar-refractivity contribution is 7.93. The lowest BCUT2D eigenvalue weighted by Crippen LogP contribution is -2.28. The van der Waals surface area contributed by atoms with Gasteiger partial charge in [-0.25, -0.2) is 12.8 Å². The number of hydrogen-bond donors (Lipinski definition) is 2. The summed E-state index contributed by atoms with van der Waals surface area (Å²) in [5.74, 6) is -0.844. The maximum Gasteiger partial charge on any atom is 0.264 e. The average molecular weight is 450 g/mol. The van der Waals surface area contributed by atoms with Crippen molar-refractivity contribution in [2.45, 2.75) is 17.9 Å². The Morgan fingerprint density at radius 2 is 1.66 bits per heavy atom. The molecule has 3 aromatic carbocycles. The molecule has 1 aromatic heterocycles. The zero-order valence-electron chi connectivity index (χ0n) is 17.0. The molecular weight excluding hydrogens is 431 g/mol. The Morgan fingerprint density at radius 1 is 0.938 bits per heavy atom. The van der Waals surface area contributed by atoms with E-state index in [1.807, 2.05) is 0 Å². The number of halogens is 1. The molecule has 1 atom stereocenters. The number of carbonyl (C=O) groups excluding carboxylic acids is 1. The standard InChI is InChI=1S/C23H19FN4O3S/c1-15(16-9-11-17(24)12-10-16)27-23(29)18-5-2-3-6-19(18)28-32(30,31)21-8-4-7-20-22(21)26-14-13-25-20/h2-15,28H,1H3,(H,27,29). The van der Waals surface area contributed by atoms with Crippen molar-refractivity contribution in [1.29, 1.82) is 0 Å². The van der Waals surface area contributed by atoms with Crippen molar-refractivity contribution < 1.29 is 17.6 Å². The second-order valence-corrected chi connectivity index (χ2v) is 8.73. The lowest BCUT2D eigenvalue weighted by Gasteiger charge is -2.17. The van der Waals surface area contributed by atoms with Gasteiger partial charge >= 0.3 is 0 Å². The number of amides is 1. The van der Waals surface area contributed by atoms with Gasteiger partial charge in [0.05, 0.1) is 22.8 Å². The van der Waals surface area contributed by atoms with Crippen LogP contribution in [0.15, 0.2) is 84.0 Å². The van der Waals surface area contributed by atoms with Crippen molar-refractivity contribution in [3.05, 3.63) is 96.1 Å². The van der Waals surface area contributed by atoms with Gasteiger partial charge in [0.2, 0.25) is 0 Å². The van der Waals surface area contributed by atoms with Crippen LogP contribution in [0.5, 0.6) is 0 Å². The van der Waals surface area contributed by atoms with Crippen LogP contribution in [0.25, 0.3) is 11.0 Å². The van der Waals surface area contributed by atoms with Gasteiger partial charge in [0.25, 0.3) is 15.9 Å². The normalized spacial score (nSPS) is 12.3. The van der Waals surface area contributed by atoms with Gasteiger partial charge in [0.15, 0.2) is 0 Å². The van der Waals surface area contributed by atoms with Crippen molar-refractivity contribution >= 4 is 32.7 Å². The molecule has 1 amide bonds. The van der Waals surface area contributed by atoms with Crippen LogP contribution in [0.4, 0.5) is 10.1 Å². The molecule has 2 N–H and O–H groups in total. The molecule has 0 spiro atoms. The number of sulfonamides is 1. The third kappa shape index (κ3) is 4.42. The predicted octanol–water partition coefficient (Wildman–Crippen LogP) is 4.06. The first-order valence-electron chi connectivity index (χ1n) is 9.73. The van der Waals surface area contributed by atoms with Crippen LogP contribution in [0.2, 0.25) is 0 Å². The lowest BCUT2D eigenvalue weighted by atomic mass is 10.1. The maximum atomic E-state index is 13.2. The minimum absolute atomic E-state index is 0.0435. The van der Waals surface area contributed by atoms with Gasteiger partial charge in [-0.3, -0.25) is 19.5 Å². The Bertz CT molecular complexity index is 1390. The summed E-state index contributed by atoms with van der Waals surface area (Å²) in [6.45, 7) is 1.76. The number of fused-ring (bicyclic) bond motifs is 1. The Balaban J connectivity index is 1.62. The van der Waals surface area contributed by atoms with E-state index in [1.54, 1.807) is 43.3 Å². The zero-order chi connectivity index (χ0) is 22.7. The van der Waals surface area contributed by atoms with Crippen molar-refractivity contribution in [1.82, 2.24) is 15.3 Å². The highest BCUT2D eigenvalue weighted by Crippen LogP contribution is 2.25. The molecule has 0 aliphatic rings. The van der Waals surface area contributed by atoms with Crippen LogP contribution in [0, 0.1) is 5.82 Å². The summed E-state index contributed by atoms with van der Waals surface area (Å²) in [7, 11) is -4.06. The summed E-state index contributed by atoms with van der Waals surface area (Å²) in [6.07, 6.45) is 2.90. The molecule has 0 aliphatic carbocycles. The molecular formula is C23H19FN4O3S. The van der Waals surface area contributed by atoms with E-state index in [4.69, 9.17) is 0 Å². The highest BCUT2D eigenvalue weighted by atomic mass is 32.2. The quantitative estimate of drug-likeness (QED) is 0.461. The van der Waals surface area contributed by atoms with E-state index < -0.39 is 22.0 Å². The molecule has 1 unspecified atom stereocenters. The SMILES string of the molecule is CC(NC(=O)c1ccccc1NS(=O)(=O)c1cccc2nccnc12)c1ccc(F)cc1. The Kier molecular flexibility index (Phi) is 5.83. The number of nitrogens with zero attached hydrogens (tertiary/aromatic N) is 2. The van der Waals surface area contributed by atoms with Crippen molar-refractivity contribution in [3.63, 3.8) is 0 Å². The van der Waals surface area contributed by atoms with Crippen molar-refractivity contribution in [2.75, 3.05) is 4.72 Å². The van der Waals surface area contributed by atoms with E-state index in [1.165, 1.54) is 42.7 Å². The number of anilines is 1. The first-order valence-corrected chi connectivity index (χ1v) is 11.2. The van der Waals surface area contributed by atoms with Gasteiger partial charge < -0.3 is 5.32 Å². The predicted molar refractivity (Wildman–Crippen MR) is 119 cm³/mol. The van der Waals surface area contributed by atoms with Crippen LogP contribution in [0.3, 0.4) is 0 Å². The fourth-order valence-corrected chi connectivity index (χ4v) is 4.51. The fourth-order valence-electron chi connectivity index (χ4n) is 3.26. The van der Waals surface area contributed by atoms with Crippen molar-refractivity contribution in [3.8, 4) is 0 Å². The van der Waals surface area contributed by atoms with E-state index in [0.717, 1.165) is 0 Å². The largest absolute Gasteiger partial charge is 0.345 e. The molecule has 1 heterocycles. The summed E-state index contributed by atoms with van der Waals surface area (Å²) in [4.78, 5) is 21.1. The van der Waals surface area contributed by atoms with E-state index in [0.29, 0.717) is 11.1 Å². The molecule has 0 radical (unpaired) electrons. The summed E-state index contributed by atoms with van der Waals surface area (Å²) in [6, 6.07) is 16.3. The Morgan fingerprint density at radius 3 is 2.44 bits per heavy atom. The number of benzene rings is 3. The fraction of sp³-hybridized carbons (Fsp3) is 0.0870. The number of rotatable bonds is 6. The molecule has 0 bridgehead atoms. The number of nitrogens with one attached hydrogen (secondary N) is 2. The number of hydrogen-bond acceptors (Lipinski definition) is 5. The third-order valence-corrected chi connectivity index (χ3v) is 6.28. The highest BCUT2D eigenvalue weighted by Gasteiger charge is 2.22. The van der Waals surface area contributed by atoms with Gasteiger partial charge in [-0.1, -0.05) is 30.3 Å². The topological polar surface area (TPSA) is 101 Å². The number of carbonyl (C=O) groups is 1. The van der Waals surface area contributed by atoms with E-state index in [9.17, 15) is 17.6 Å². The van der Waals surface area contributed by atoms with Crippen LogP contribution in [0.1, 0.15) is 28.9 Å². The van der Waals surface area contributed by atoms with E-state index in [-0.39, 0.29) is 27.5 Å². The smallest absolute Gasteiger partial charge is 0.264 e. The molecule has 32 heavy (non-hydrogen) atoms. The van der Waals surface area contributed by atoms with Gasteiger partial charge in [-0.05, 0) is 48.9 Å². The third-order valence-electron chi connectivity index (χ3n) is 4.88. The Hall–Kier alpha value is -3.85. The first-order chi connectivity index (χ1) is 15.3. The molecule has 4 rings (SSSR count). The first kappa shape index (κ1) is 21.4. The average Bonchev–Trinajstić information content (AvgIpc) is 2.79. The summed E-state index contributed by atoms with van der Waals surface area (Å²) >= 11 is 0. The minimum Gasteiger partial charge on any atom is -0.345 e. The molecule has 4 aromatic rings. The monoisotopic (exact) mass is 450 g/mol. The maximum absolute atomic E-state index is 13.2. The molecule has 0 aliphatic heterocycles. The zero-order valence-corrected chi connectivity index (χ0v) is 17.8. The van der Waals surface area contributed by atoms with Crippen LogP contribution in [-0.2, 0) is 10.0 Å². The number of para-hydroxylation sites is 2. The Labute approximate surface area is 184 Å². The molecule has 0 fully saturated rings. The van der Waals surface area contributed by atoms with Gasteiger partial charge in [-0.2, -0.15) is 0 Å². The second kappa shape index (κ2) is 8.72. The van der Waals surface area contributed by atoms with Crippen LogP contribution < -0.4 is 10.0 Å². The number of aromatic nitrogens is 2. The molecule has 162 valence electrons. The van der Waals surface area contributed by atoms with E-state index >= 15 is 0 Å². The molecule has 7 nitrogen and oxygen atoms in total. The van der Waals surface area contributed by atoms with Gasteiger partial charge in [0, 0.05) is 12.4 Å². The van der Waals surface area contributed by atoms with Crippen LogP contribution >= 0.6 is 0 Å². The molecule has 0 saturated heterocycles. The lowest BCUT2D eigenvalue weighted by molar-refractivity contribution is 0.0941. The summed E-state index contributed by atoms with van der Waals surface area (Å²) < 4.78 is 41.9. The second-order valence-electron chi connectivity index (χ2n) is 7.08.